The zero-order valence-electron chi connectivity index (χ0n) is 17.8. The number of amides is 1. The van der Waals surface area contributed by atoms with Gasteiger partial charge in [-0.15, -0.1) is 0 Å². The van der Waals surface area contributed by atoms with Gasteiger partial charge in [-0.2, -0.15) is 0 Å². The number of carbonyl (C=O) groups is 2. The number of phenols is 1. The predicted octanol–water partition coefficient (Wildman–Crippen LogP) is 4.43. The van der Waals surface area contributed by atoms with Gasteiger partial charge < -0.3 is 24.6 Å². The smallest absolute Gasteiger partial charge is 0.295 e. The molecule has 32 heavy (non-hydrogen) atoms. The Balaban J connectivity index is 1.90. The van der Waals surface area contributed by atoms with E-state index in [1.807, 2.05) is 0 Å². The van der Waals surface area contributed by atoms with Crippen molar-refractivity contribution < 1.29 is 29.3 Å². The SMILES string of the molecule is COc1ccc(/C(O)=C2/C(=O)C(=O)N(C3CCCC3)C2c2ccc(O)c(Cl)c2)cc1OC. The lowest BCUT2D eigenvalue weighted by Crippen LogP contribution is -2.37. The first-order chi connectivity index (χ1) is 15.4. The fraction of sp³-hybridized carbons (Fsp3) is 0.333. The molecular formula is C24H24ClNO6. The number of ketones is 1. The second-order valence-corrected chi connectivity index (χ2v) is 8.33. The molecule has 0 radical (unpaired) electrons. The number of aliphatic hydroxyl groups excluding tert-OH is 1. The number of halogens is 1. The van der Waals surface area contributed by atoms with E-state index in [0.29, 0.717) is 22.6 Å². The van der Waals surface area contributed by atoms with Gasteiger partial charge in [0.15, 0.2) is 11.5 Å². The van der Waals surface area contributed by atoms with Crippen molar-refractivity contribution in [1.82, 2.24) is 4.90 Å². The second kappa shape index (κ2) is 8.74. The number of benzene rings is 2. The Morgan fingerprint density at radius 2 is 1.72 bits per heavy atom. The molecule has 1 unspecified atom stereocenters. The van der Waals surface area contributed by atoms with E-state index in [1.54, 1.807) is 29.2 Å². The van der Waals surface area contributed by atoms with Gasteiger partial charge in [0.05, 0.1) is 30.9 Å². The molecule has 1 saturated carbocycles. The van der Waals surface area contributed by atoms with Gasteiger partial charge in [0.1, 0.15) is 11.5 Å². The average molecular weight is 458 g/mol. The minimum Gasteiger partial charge on any atom is -0.507 e. The number of methoxy groups -OCH3 is 2. The zero-order chi connectivity index (χ0) is 23.0. The number of aliphatic hydroxyl groups is 1. The summed E-state index contributed by atoms with van der Waals surface area (Å²) in [4.78, 5) is 27.8. The van der Waals surface area contributed by atoms with E-state index in [2.05, 4.69) is 0 Å². The third kappa shape index (κ3) is 3.66. The summed E-state index contributed by atoms with van der Waals surface area (Å²) in [6.07, 6.45) is 3.50. The van der Waals surface area contributed by atoms with Crippen molar-refractivity contribution in [2.45, 2.75) is 37.8 Å². The van der Waals surface area contributed by atoms with Crippen LogP contribution < -0.4 is 9.47 Å². The zero-order valence-corrected chi connectivity index (χ0v) is 18.6. The highest BCUT2D eigenvalue weighted by atomic mass is 35.5. The molecule has 1 aliphatic carbocycles. The molecule has 1 amide bonds. The van der Waals surface area contributed by atoms with Gasteiger partial charge in [-0.05, 0) is 48.7 Å². The molecule has 168 valence electrons. The number of phenolic OH excluding ortho intramolecular Hbond substituents is 1. The summed E-state index contributed by atoms with van der Waals surface area (Å²) < 4.78 is 10.6. The van der Waals surface area contributed by atoms with Crippen LogP contribution in [0.2, 0.25) is 5.02 Å². The number of likely N-dealkylation sites (tertiary alicyclic amines) is 1. The van der Waals surface area contributed by atoms with Gasteiger partial charge in [0, 0.05) is 11.6 Å². The summed E-state index contributed by atoms with van der Waals surface area (Å²) in [5.74, 6) is -0.957. The third-order valence-corrected chi connectivity index (χ3v) is 6.45. The van der Waals surface area contributed by atoms with Gasteiger partial charge in [-0.3, -0.25) is 9.59 Å². The molecule has 2 N–H and O–H groups in total. The minimum atomic E-state index is -0.815. The normalized spacial score (nSPS) is 20.7. The van der Waals surface area contributed by atoms with Crippen molar-refractivity contribution in [3.05, 3.63) is 58.1 Å². The molecule has 0 bridgehead atoms. The number of ether oxygens (including phenoxy) is 2. The number of nitrogens with zero attached hydrogens (tertiary/aromatic N) is 1. The average Bonchev–Trinajstić information content (AvgIpc) is 3.41. The van der Waals surface area contributed by atoms with Gasteiger partial charge >= 0.3 is 0 Å². The van der Waals surface area contributed by atoms with Gasteiger partial charge in [0.2, 0.25) is 0 Å². The van der Waals surface area contributed by atoms with Crippen LogP contribution in [0.15, 0.2) is 42.0 Å². The lowest BCUT2D eigenvalue weighted by Gasteiger charge is -2.31. The standard InChI is InChI=1S/C24H24ClNO6/c1-31-18-10-8-14(12-19(18)32-2)22(28)20-21(13-7-9-17(27)16(25)11-13)26(24(30)23(20)29)15-5-3-4-6-15/h7-12,15,21,27-28H,3-6H2,1-2H3/b22-20-. The maximum absolute atomic E-state index is 13.2. The number of aromatic hydroxyl groups is 1. The number of Topliss-reactive ketones (excluding diaryl/α,β-unsaturated/α-hetero) is 1. The fourth-order valence-electron chi connectivity index (χ4n) is 4.57. The number of rotatable bonds is 5. The summed E-state index contributed by atoms with van der Waals surface area (Å²) >= 11 is 6.14. The fourth-order valence-corrected chi connectivity index (χ4v) is 4.76. The topological polar surface area (TPSA) is 96.3 Å². The molecule has 4 rings (SSSR count). The lowest BCUT2D eigenvalue weighted by atomic mass is 9.94. The molecule has 1 atom stereocenters. The highest BCUT2D eigenvalue weighted by molar-refractivity contribution is 6.46. The summed E-state index contributed by atoms with van der Waals surface area (Å²) in [6, 6.07) is 8.40. The first-order valence-electron chi connectivity index (χ1n) is 10.4. The molecule has 7 nitrogen and oxygen atoms in total. The Hall–Kier alpha value is -3.19. The van der Waals surface area contributed by atoms with Gasteiger partial charge in [-0.1, -0.05) is 30.5 Å². The van der Waals surface area contributed by atoms with Crippen LogP contribution in [0, 0.1) is 0 Å². The first-order valence-corrected chi connectivity index (χ1v) is 10.8. The van der Waals surface area contributed by atoms with Crippen molar-refractivity contribution in [3.63, 3.8) is 0 Å². The number of hydrogen-bond acceptors (Lipinski definition) is 6. The van der Waals surface area contributed by atoms with E-state index in [4.69, 9.17) is 21.1 Å². The van der Waals surface area contributed by atoms with E-state index < -0.39 is 17.7 Å². The third-order valence-electron chi connectivity index (χ3n) is 6.14. The summed E-state index contributed by atoms with van der Waals surface area (Å²) in [5.41, 5.74) is 0.846. The molecule has 0 spiro atoms. The van der Waals surface area contributed by atoms with Crippen molar-refractivity contribution in [2.75, 3.05) is 14.2 Å². The summed E-state index contributed by atoms with van der Waals surface area (Å²) in [6.45, 7) is 0. The van der Waals surface area contributed by atoms with E-state index >= 15 is 0 Å². The largest absolute Gasteiger partial charge is 0.507 e. The Bertz CT molecular complexity index is 1110. The maximum atomic E-state index is 13.2. The van der Waals surface area contributed by atoms with Crippen LogP contribution in [0.4, 0.5) is 0 Å². The van der Waals surface area contributed by atoms with Crippen LogP contribution in [0.1, 0.15) is 42.9 Å². The van der Waals surface area contributed by atoms with Crippen LogP contribution in [0.25, 0.3) is 5.76 Å². The van der Waals surface area contributed by atoms with Gasteiger partial charge in [-0.25, -0.2) is 0 Å². The van der Waals surface area contributed by atoms with Crippen LogP contribution in [-0.2, 0) is 9.59 Å². The highest BCUT2D eigenvalue weighted by Gasteiger charge is 2.49. The van der Waals surface area contributed by atoms with Crippen molar-refractivity contribution in [2.24, 2.45) is 0 Å². The molecule has 1 saturated heterocycles. The van der Waals surface area contributed by atoms with E-state index in [1.165, 1.54) is 26.4 Å². The number of hydrogen-bond donors (Lipinski definition) is 2. The molecule has 2 fully saturated rings. The van der Waals surface area contributed by atoms with E-state index in [-0.39, 0.29) is 28.1 Å². The molecule has 2 aromatic rings. The van der Waals surface area contributed by atoms with Crippen LogP contribution in [0.3, 0.4) is 0 Å². The monoisotopic (exact) mass is 457 g/mol. The molecule has 2 aliphatic rings. The first kappa shape index (κ1) is 22.0. The Kier molecular flexibility index (Phi) is 6.02. The Morgan fingerprint density at radius 3 is 2.34 bits per heavy atom. The molecule has 1 heterocycles. The van der Waals surface area contributed by atoms with Gasteiger partial charge in [0.25, 0.3) is 11.7 Å². The number of carbonyl (C=O) groups excluding carboxylic acids is 2. The van der Waals surface area contributed by atoms with Crippen molar-refractivity contribution in [1.29, 1.82) is 0 Å². The van der Waals surface area contributed by atoms with E-state index in [9.17, 15) is 19.8 Å². The second-order valence-electron chi connectivity index (χ2n) is 7.93. The lowest BCUT2D eigenvalue weighted by molar-refractivity contribution is -0.141. The van der Waals surface area contributed by atoms with Crippen LogP contribution in [-0.4, -0.2) is 47.1 Å². The van der Waals surface area contributed by atoms with Crippen molar-refractivity contribution >= 4 is 29.1 Å². The Labute approximate surface area is 190 Å². The van der Waals surface area contributed by atoms with Crippen molar-refractivity contribution in [3.8, 4) is 17.2 Å². The molecule has 8 heteroatoms. The van der Waals surface area contributed by atoms with Crippen LogP contribution >= 0.6 is 11.6 Å². The molecule has 2 aromatic carbocycles. The molecule has 0 aromatic heterocycles. The van der Waals surface area contributed by atoms with Crippen LogP contribution in [0.5, 0.6) is 17.2 Å². The van der Waals surface area contributed by atoms with E-state index in [0.717, 1.165) is 25.7 Å². The predicted molar refractivity (Wildman–Crippen MR) is 119 cm³/mol. The molecule has 1 aliphatic heterocycles. The summed E-state index contributed by atoms with van der Waals surface area (Å²) in [7, 11) is 2.97. The summed E-state index contributed by atoms with van der Waals surface area (Å²) in [5, 5.41) is 21.2. The molecular weight excluding hydrogens is 434 g/mol. The quantitative estimate of drug-likeness (QED) is 0.392. The Morgan fingerprint density at radius 1 is 1.03 bits per heavy atom. The highest BCUT2D eigenvalue weighted by Crippen LogP contribution is 2.45. The maximum Gasteiger partial charge on any atom is 0.295 e. The minimum absolute atomic E-state index is 0.0177.